The second kappa shape index (κ2) is 8.26. The molecule has 1 saturated heterocycles. The molecule has 0 spiro atoms. The number of likely N-dealkylation sites (tertiary alicyclic amines) is 1. The van der Waals surface area contributed by atoms with Gasteiger partial charge in [-0.2, -0.15) is 0 Å². The Morgan fingerprint density at radius 3 is 2.53 bits per heavy atom. The number of piperidine rings is 1. The molecule has 112 valence electrons. The average molecular weight is 266 g/mol. The van der Waals surface area contributed by atoms with Crippen LogP contribution in [0.1, 0.15) is 65.2 Å². The molecule has 2 rings (SSSR count). The van der Waals surface area contributed by atoms with E-state index in [1.165, 1.54) is 77.5 Å². The zero-order valence-electron chi connectivity index (χ0n) is 13.2. The second-order valence-corrected chi connectivity index (χ2v) is 6.89. The summed E-state index contributed by atoms with van der Waals surface area (Å²) in [6.45, 7) is 9.97. The normalized spacial score (nSPS) is 30.6. The molecule has 2 fully saturated rings. The Balaban J connectivity index is 1.56. The van der Waals surface area contributed by atoms with Gasteiger partial charge in [-0.15, -0.1) is 0 Å². The summed E-state index contributed by atoms with van der Waals surface area (Å²) in [6, 6.07) is 0.820. The lowest BCUT2D eigenvalue weighted by Gasteiger charge is -2.33. The topological polar surface area (TPSA) is 15.3 Å². The Bertz CT molecular complexity index is 233. The summed E-state index contributed by atoms with van der Waals surface area (Å²) >= 11 is 0. The van der Waals surface area contributed by atoms with Crippen molar-refractivity contribution >= 4 is 0 Å². The molecule has 19 heavy (non-hydrogen) atoms. The summed E-state index contributed by atoms with van der Waals surface area (Å²) in [5.74, 6) is 1.91. The molecule has 1 heterocycles. The highest BCUT2D eigenvalue weighted by Gasteiger charge is 2.22. The summed E-state index contributed by atoms with van der Waals surface area (Å²) in [6.07, 6.45) is 11.3. The molecule has 2 atom stereocenters. The molecule has 2 unspecified atom stereocenters. The Morgan fingerprint density at radius 1 is 1.05 bits per heavy atom. The van der Waals surface area contributed by atoms with Crippen LogP contribution in [0.5, 0.6) is 0 Å². The summed E-state index contributed by atoms with van der Waals surface area (Å²) in [7, 11) is 0. The highest BCUT2D eigenvalue weighted by Crippen LogP contribution is 2.26. The first kappa shape index (κ1) is 15.3. The van der Waals surface area contributed by atoms with Gasteiger partial charge in [0.25, 0.3) is 0 Å². The molecule has 0 radical (unpaired) electrons. The van der Waals surface area contributed by atoms with Gasteiger partial charge in [-0.3, -0.25) is 0 Å². The first-order valence-corrected chi connectivity index (χ1v) is 8.75. The van der Waals surface area contributed by atoms with E-state index in [0.717, 1.165) is 17.9 Å². The van der Waals surface area contributed by atoms with Crippen LogP contribution in [0.25, 0.3) is 0 Å². The van der Waals surface area contributed by atoms with Gasteiger partial charge >= 0.3 is 0 Å². The van der Waals surface area contributed by atoms with E-state index < -0.39 is 0 Å². The highest BCUT2D eigenvalue weighted by atomic mass is 15.1. The van der Waals surface area contributed by atoms with Crippen molar-refractivity contribution in [3.05, 3.63) is 0 Å². The SMILES string of the molecule is CCC1CCCCC1NCCCN1CCC(C)CC1. The van der Waals surface area contributed by atoms with E-state index in [9.17, 15) is 0 Å². The van der Waals surface area contributed by atoms with Crippen molar-refractivity contribution < 1.29 is 0 Å². The lowest BCUT2D eigenvalue weighted by atomic mass is 9.83. The Morgan fingerprint density at radius 2 is 1.79 bits per heavy atom. The van der Waals surface area contributed by atoms with Gasteiger partial charge in [-0.05, 0) is 70.1 Å². The largest absolute Gasteiger partial charge is 0.314 e. The number of rotatable bonds is 6. The first-order chi connectivity index (χ1) is 9.29. The molecule has 1 aliphatic carbocycles. The van der Waals surface area contributed by atoms with Gasteiger partial charge in [-0.25, -0.2) is 0 Å². The molecule has 2 aliphatic rings. The molecule has 2 nitrogen and oxygen atoms in total. The molecule has 0 bridgehead atoms. The van der Waals surface area contributed by atoms with E-state index in [-0.39, 0.29) is 0 Å². The molecule has 2 heteroatoms. The van der Waals surface area contributed by atoms with Crippen LogP contribution >= 0.6 is 0 Å². The van der Waals surface area contributed by atoms with Gasteiger partial charge in [0.05, 0.1) is 0 Å². The zero-order valence-corrected chi connectivity index (χ0v) is 13.2. The van der Waals surface area contributed by atoms with Crippen LogP contribution < -0.4 is 5.32 Å². The molecule has 1 aliphatic heterocycles. The van der Waals surface area contributed by atoms with Crippen molar-refractivity contribution in [1.82, 2.24) is 10.2 Å². The molecule has 0 aromatic heterocycles. The number of hydrogen-bond donors (Lipinski definition) is 1. The van der Waals surface area contributed by atoms with Crippen LogP contribution in [0.2, 0.25) is 0 Å². The van der Waals surface area contributed by atoms with Gasteiger partial charge in [0, 0.05) is 6.04 Å². The Labute approximate surface area is 120 Å². The molecular formula is C17H34N2. The van der Waals surface area contributed by atoms with E-state index in [0.29, 0.717) is 0 Å². The van der Waals surface area contributed by atoms with Gasteiger partial charge in [0.2, 0.25) is 0 Å². The zero-order chi connectivity index (χ0) is 13.5. The van der Waals surface area contributed by atoms with Crippen LogP contribution in [0.4, 0.5) is 0 Å². The highest BCUT2D eigenvalue weighted by molar-refractivity contribution is 4.80. The lowest BCUT2D eigenvalue weighted by molar-refractivity contribution is 0.186. The third kappa shape index (κ3) is 5.07. The minimum absolute atomic E-state index is 0.820. The maximum Gasteiger partial charge on any atom is 0.00952 e. The van der Waals surface area contributed by atoms with Crippen LogP contribution in [0.15, 0.2) is 0 Å². The third-order valence-corrected chi connectivity index (χ3v) is 5.37. The number of nitrogens with one attached hydrogen (secondary N) is 1. The standard InChI is InChI=1S/C17H34N2/c1-3-16-7-4-5-8-17(16)18-11-6-12-19-13-9-15(2)10-14-19/h15-18H,3-14H2,1-2H3. The van der Waals surface area contributed by atoms with Crippen LogP contribution in [0, 0.1) is 11.8 Å². The van der Waals surface area contributed by atoms with Crippen LogP contribution in [0.3, 0.4) is 0 Å². The molecule has 1 saturated carbocycles. The predicted octanol–water partition coefficient (Wildman–Crippen LogP) is 3.67. The Kier molecular flexibility index (Phi) is 6.66. The van der Waals surface area contributed by atoms with Gasteiger partial charge in [-0.1, -0.05) is 33.1 Å². The van der Waals surface area contributed by atoms with Crippen molar-refractivity contribution in [3.63, 3.8) is 0 Å². The van der Waals surface area contributed by atoms with Crippen LogP contribution in [-0.4, -0.2) is 37.1 Å². The summed E-state index contributed by atoms with van der Waals surface area (Å²) < 4.78 is 0. The van der Waals surface area contributed by atoms with Gasteiger partial charge in [0.15, 0.2) is 0 Å². The first-order valence-electron chi connectivity index (χ1n) is 8.75. The fourth-order valence-corrected chi connectivity index (χ4v) is 3.84. The monoisotopic (exact) mass is 266 g/mol. The summed E-state index contributed by atoms with van der Waals surface area (Å²) in [4.78, 5) is 2.67. The smallest absolute Gasteiger partial charge is 0.00952 e. The van der Waals surface area contributed by atoms with Crippen molar-refractivity contribution in [2.75, 3.05) is 26.2 Å². The number of nitrogens with zero attached hydrogens (tertiary/aromatic N) is 1. The van der Waals surface area contributed by atoms with Gasteiger partial charge in [0.1, 0.15) is 0 Å². The second-order valence-electron chi connectivity index (χ2n) is 6.89. The maximum absolute atomic E-state index is 3.84. The predicted molar refractivity (Wildman–Crippen MR) is 83.5 cm³/mol. The molecule has 0 amide bonds. The van der Waals surface area contributed by atoms with Crippen molar-refractivity contribution in [1.29, 1.82) is 0 Å². The van der Waals surface area contributed by atoms with E-state index >= 15 is 0 Å². The fourth-order valence-electron chi connectivity index (χ4n) is 3.84. The molecule has 0 aromatic carbocycles. The minimum Gasteiger partial charge on any atom is -0.314 e. The molecule has 1 N–H and O–H groups in total. The molecule has 0 aromatic rings. The van der Waals surface area contributed by atoms with E-state index in [1.807, 2.05) is 0 Å². The lowest BCUT2D eigenvalue weighted by Crippen LogP contribution is -2.40. The van der Waals surface area contributed by atoms with Gasteiger partial charge < -0.3 is 10.2 Å². The van der Waals surface area contributed by atoms with E-state index in [2.05, 4.69) is 24.1 Å². The van der Waals surface area contributed by atoms with E-state index in [4.69, 9.17) is 0 Å². The summed E-state index contributed by atoms with van der Waals surface area (Å²) in [5, 5.41) is 3.84. The Hall–Kier alpha value is -0.0800. The minimum atomic E-state index is 0.820. The average Bonchev–Trinajstić information content (AvgIpc) is 2.46. The number of hydrogen-bond acceptors (Lipinski definition) is 2. The quantitative estimate of drug-likeness (QED) is 0.738. The third-order valence-electron chi connectivity index (χ3n) is 5.37. The van der Waals surface area contributed by atoms with Crippen molar-refractivity contribution in [3.8, 4) is 0 Å². The maximum atomic E-state index is 3.84. The summed E-state index contributed by atoms with van der Waals surface area (Å²) in [5.41, 5.74) is 0. The van der Waals surface area contributed by atoms with Crippen LogP contribution in [-0.2, 0) is 0 Å². The molecular weight excluding hydrogens is 232 g/mol. The fraction of sp³-hybridized carbons (Fsp3) is 1.00. The van der Waals surface area contributed by atoms with E-state index in [1.54, 1.807) is 0 Å². The van der Waals surface area contributed by atoms with Crippen molar-refractivity contribution in [2.45, 2.75) is 71.3 Å². The van der Waals surface area contributed by atoms with Crippen molar-refractivity contribution in [2.24, 2.45) is 11.8 Å².